The SMILES string of the molecule is Cl.Cl.ClCCN(CCCl)Cc1ccccc1.FC1(F)CC(N2CCN(Cc3ccccc3)CC2)C1.FC1(F)CC(N2CCNCC2)C1.NC1CC(F)(F)C1.O.O.[Pd]. The maximum absolute atomic E-state index is 12.9. The number of nitrogens with one attached hydrogen (secondary N) is 1. The Balaban J connectivity index is 0. The van der Waals surface area contributed by atoms with Gasteiger partial charge in [-0.2, -0.15) is 0 Å². The number of rotatable bonds is 10. The van der Waals surface area contributed by atoms with Crippen molar-refractivity contribution in [2.75, 3.05) is 77.2 Å². The Bertz CT molecular complexity index is 1270. The number of benzene rings is 2. The second-order valence-electron chi connectivity index (χ2n) is 14.6. The molecule has 3 aliphatic carbocycles. The van der Waals surface area contributed by atoms with Gasteiger partial charge in [-0.25, -0.2) is 26.3 Å². The summed E-state index contributed by atoms with van der Waals surface area (Å²) in [5.74, 6) is -5.88. The van der Waals surface area contributed by atoms with E-state index in [1.54, 1.807) is 0 Å². The van der Waals surface area contributed by atoms with E-state index >= 15 is 0 Å². The zero-order valence-corrected chi connectivity index (χ0v) is 36.9. The van der Waals surface area contributed by atoms with Crippen molar-refractivity contribution in [3.63, 3.8) is 0 Å². The van der Waals surface area contributed by atoms with Gasteiger partial charge in [-0.05, 0) is 11.1 Å². The number of hydrogen-bond acceptors (Lipinski definition) is 6. The first-order valence-corrected chi connectivity index (χ1v) is 19.6. The third kappa shape index (κ3) is 21.7. The summed E-state index contributed by atoms with van der Waals surface area (Å²) in [6.45, 7) is 11.3. The predicted octanol–water partition coefficient (Wildman–Crippen LogP) is 6.19. The molecule has 5 aliphatic rings. The van der Waals surface area contributed by atoms with Gasteiger partial charge in [0.2, 0.25) is 0 Å². The molecule has 336 valence electrons. The van der Waals surface area contributed by atoms with Crippen molar-refractivity contribution in [1.29, 1.82) is 0 Å². The maximum Gasteiger partial charge on any atom is 0.251 e. The van der Waals surface area contributed by atoms with Gasteiger partial charge in [-0.1, -0.05) is 60.7 Å². The molecule has 57 heavy (non-hydrogen) atoms. The van der Waals surface area contributed by atoms with E-state index in [0.717, 1.165) is 78.5 Å². The summed E-state index contributed by atoms with van der Waals surface area (Å²) in [6, 6.07) is 20.8. The Kier molecular flexibility index (Phi) is 29.8. The Morgan fingerprint density at radius 2 is 1.00 bits per heavy atom. The van der Waals surface area contributed by atoms with E-state index in [1.807, 2.05) is 12.1 Å². The number of nitrogens with two attached hydrogens (primary N) is 1. The fourth-order valence-corrected chi connectivity index (χ4v) is 7.49. The van der Waals surface area contributed by atoms with Crippen LogP contribution in [0.15, 0.2) is 60.7 Å². The Morgan fingerprint density at radius 1 is 0.614 bits per heavy atom. The average molecular weight is 997 g/mol. The quantitative estimate of drug-likeness (QED) is 0.167. The molecule has 0 spiro atoms. The van der Waals surface area contributed by atoms with Crippen LogP contribution in [0, 0.1) is 0 Å². The number of piperazine rings is 2. The molecule has 5 fully saturated rings. The number of alkyl halides is 8. The van der Waals surface area contributed by atoms with Gasteiger partial charge < -0.3 is 22.0 Å². The van der Waals surface area contributed by atoms with E-state index in [4.69, 9.17) is 28.9 Å². The van der Waals surface area contributed by atoms with Crippen LogP contribution in [0.4, 0.5) is 26.3 Å². The number of hydrogen-bond donors (Lipinski definition) is 2. The van der Waals surface area contributed by atoms with Crippen molar-refractivity contribution in [3.8, 4) is 0 Å². The second kappa shape index (κ2) is 28.9. The van der Waals surface area contributed by atoms with Crippen LogP contribution in [0.25, 0.3) is 0 Å². The molecule has 0 atom stereocenters. The van der Waals surface area contributed by atoms with Gasteiger partial charge in [0.25, 0.3) is 17.8 Å². The monoisotopic (exact) mass is 994 g/mol. The van der Waals surface area contributed by atoms with Crippen molar-refractivity contribution in [3.05, 3.63) is 71.8 Å². The standard InChI is InChI=1S/C15H20F2N2.C11H15Cl2N.C8H14F2N2.C4H7F2N.2ClH.2H2O.Pd/c16-15(17)10-14(11-15)19-8-6-18(7-9-19)12-13-4-2-1-3-5-13;12-6-8-14(9-7-13)10-11-4-2-1-3-5-11;9-8(10)5-7(6-8)12-3-1-11-2-4-12;5-4(6)1-3(7)2-4;;;;;/h1-5,14H,6-12H2;1-5H,6-10H2;7,11H,1-6H2;3H,1-2,7H2;2*1H;2*1H2;. The van der Waals surface area contributed by atoms with Crippen LogP contribution in [-0.2, 0) is 33.5 Å². The van der Waals surface area contributed by atoms with Gasteiger partial charge in [0.05, 0.1) is 0 Å². The molecule has 0 unspecified atom stereocenters. The Morgan fingerprint density at radius 3 is 1.35 bits per heavy atom. The van der Waals surface area contributed by atoms with Crippen molar-refractivity contribution < 1.29 is 57.7 Å². The van der Waals surface area contributed by atoms with E-state index in [-0.39, 0.29) is 113 Å². The summed E-state index contributed by atoms with van der Waals surface area (Å²) in [4.78, 5) is 9.07. The van der Waals surface area contributed by atoms with Crippen molar-refractivity contribution >= 4 is 48.0 Å². The summed E-state index contributed by atoms with van der Waals surface area (Å²) in [6.07, 6.45) is 0.0391. The summed E-state index contributed by atoms with van der Waals surface area (Å²) >= 11 is 11.4. The number of halogens is 10. The first kappa shape index (κ1) is 58.6. The van der Waals surface area contributed by atoms with E-state index in [0.29, 0.717) is 11.8 Å². The average Bonchev–Trinajstić information content (AvgIpc) is 3.08. The second-order valence-corrected chi connectivity index (χ2v) is 15.3. The molecular formula is C38H62Cl4F6N6O2Pd. The summed E-state index contributed by atoms with van der Waals surface area (Å²) in [5.41, 5.74) is 7.71. The topological polar surface area (TPSA) is 114 Å². The maximum atomic E-state index is 12.9. The summed E-state index contributed by atoms with van der Waals surface area (Å²) in [5, 5.41) is 3.21. The van der Waals surface area contributed by atoms with Gasteiger partial charge in [0.15, 0.2) is 0 Å². The van der Waals surface area contributed by atoms with E-state index in [2.05, 4.69) is 73.4 Å². The smallest absolute Gasteiger partial charge is 0.251 e. The molecular weight excluding hydrogens is 935 g/mol. The van der Waals surface area contributed by atoms with E-state index in [9.17, 15) is 26.3 Å². The van der Waals surface area contributed by atoms with Crippen LogP contribution in [-0.4, -0.2) is 144 Å². The predicted molar refractivity (Wildman–Crippen MR) is 221 cm³/mol. The zero-order chi connectivity index (χ0) is 37.6. The Labute approximate surface area is 371 Å². The third-order valence-electron chi connectivity index (χ3n) is 10.1. The van der Waals surface area contributed by atoms with Gasteiger partial charge >= 0.3 is 0 Å². The molecule has 0 aromatic heterocycles. The van der Waals surface area contributed by atoms with Gasteiger partial charge in [-0.3, -0.25) is 19.6 Å². The normalized spacial score (nSPS) is 21.3. The molecule has 19 heteroatoms. The molecule has 7 N–H and O–H groups in total. The van der Waals surface area contributed by atoms with Crippen molar-refractivity contribution in [1.82, 2.24) is 24.9 Å². The molecule has 3 saturated carbocycles. The molecule has 0 radical (unpaired) electrons. The van der Waals surface area contributed by atoms with Crippen LogP contribution in [0.3, 0.4) is 0 Å². The Hall–Kier alpha value is -0.478. The fraction of sp³-hybridized carbons (Fsp3) is 0.684. The minimum Gasteiger partial charge on any atom is -0.412 e. The fourth-order valence-electron chi connectivity index (χ4n) is 7.01. The molecule has 2 aliphatic heterocycles. The van der Waals surface area contributed by atoms with Crippen LogP contribution >= 0.6 is 48.0 Å². The van der Waals surface area contributed by atoms with Crippen molar-refractivity contribution in [2.45, 2.75) is 87.5 Å². The van der Waals surface area contributed by atoms with Gasteiger partial charge in [0, 0.05) is 167 Å². The molecule has 0 bridgehead atoms. The molecule has 8 nitrogen and oxygen atoms in total. The van der Waals surface area contributed by atoms with Gasteiger partial charge in [0.1, 0.15) is 0 Å². The van der Waals surface area contributed by atoms with E-state index in [1.165, 1.54) is 11.1 Å². The molecule has 0 amide bonds. The molecule has 7 rings (SSSR count). The van der Waals surface area contributed by atoms with Crippen LogP contribution in [0.1, 0.15) is 49.7 Å². The molecule has 2 aromatic carbocycles. The summed E-state index contributed by atoms with van der Waals surface area (Å²) < 4.78 is 74.2. The summed E-state index contributed by atoms with van der Waals surface area (Å²) in [7, 11) is 0. The first-order valence-electron chi connectivity index (χ1n) is 18.5. The van der Waals surface area contributed by atoms with Crippen LogP contribution in [0.5, 0.6) is 0 Å². The first-order chi connectivity index (χ1) is 24.8. The minimum absolute atomic E-state index is 0. The third-order valence-corrected chi connectivity index (χ3v) is 10.5. The largest absolute Gasteiger partial charge is 0.412 e. The van der Waals surface area contributed by atoms with Gasteiger partial charge in [-0.15, -0.1) is 48.0 Å². The van der Waals surface area contributed by atoms with Crippen molar-refractivity contribution in [2.24, 2.45) is 5.73 Å². The van der Waals surface area contributed by atoms with E-state index < -0.39 is 17.8 Å². The molecule has 2 aromatic rings. The molecule has 2 heterocycles. The zero-order valence-electron chi connectivity index (χ0n) is 32.2. The molecule has 2 saturated heterocycles. The number of nitrogens with zero attached hydrogens (tertiary/aromatic N) is 4. The van der Waals surface area contributed by atoms with Crippen LogP contribution in [0.2, 0.25) is 0 Å². The van der Waals surface area contributed by atoms with Crippen LogP contribution < -0.4 is 11.1 Å². The minimum atomic E-state index is -2.43.